The molecule has 4 heteroatoms. The van der Waals surface area contributed by atoms with Crippen LogP contribution >= 0.6 is 12.2 Å². The largest absolute Gasteiger partial charge is 0.410 e. The highest BCUT2D eigenvalue weighted by Crippen LogP contribution is 2.59. The monoisotopic (exact) mass is 317 g/mol. The Kier molecular flexibility index (Phi) is 3.50. The molecule has 0 aliphatic heterocycles. The van der Waals surface area contributed by atoms with Gasteiger partial charge in [0.1, 0.15) is 23.8 Å². The minimum Gasteiger partial charge on any atom is -0.410 e. The van der Waals surface area contributed by atoms with Crippen LogP contribution in [-0.4, -0.2) is 5.78 Å². The van der Waals surface area contributed by atoms with Gasteiger partial charge < -0.3 is 4.18 Å². The van der Waals surface area contributed by atoms with Gasteiger partial charge in [-0.15, -0.1) is 0 Å². The Balaban J connectivity index is 1.66. The van der Waals surface area contributed by atoms with Crippen LogP contribution in [0, 0.1) is 17.3 Å². The summed E-state index contributed by atoms with van der Waals surface area (Å²) in [5.74, 6) is 3.29. The van der Waals surface area contributed by atoms with Gasteiger partial charge in [-0.2, -0.15) is 0 Å². The van der Waals surface area contributed by atoms with Crippen molar-refractivity contribution >= 4 is 18.0 Å². The topological polar surface area (TPSA) is 52.3 Å². The molecule has 0 radical (unpaired) electrons. The predicted octanol–water partition coefficient (Wildman–Crippen LogP) is 4.01. The third kappa shape index (κ3) is 2.04. The zero-order valence-electron chi connectivity index (χ0n) is 13.0. The molecule has 2 saturated carbocycles. The lowest BCUT2D eigenvalue weighted by Crippen LogP contribution is -2.42. The van der Waals surface area contributed by atoms with E-state index in [1.54, 1.807) is 0 Å². The summed E-state index contributed by atoms with van der Waals surface area (Å²) in [5.41, 5.74) is 2.88. The van der Waals surface area contributed by atoms with E-state index in [9.17, 15) is 4.79 Å². The molecule has 118 valence electrons. The second-order valence-electron chi connectivity index (χ2n) is 7.37. The second kappa shape index (κ2) is 5.27. The number of aryl methyl sites for hydroxylation is 1. The van der Waals surface area contributed by atoms with E-state index < -0.39 is 0 Å². The number of rotatable bonds is 2. The summed E-state index contributed by atoms with van der Waals surface area (Å²) in [6.45, 7) is 2.23. The Bertz CT molecular complexity index is 617. The van der Waals surface area contributed by atoms with Gasteiger partial charge in [0.25, 0.3) is 0 Å². The Morgan fingerprint density at radius 2 is 2.14 bits per heavy atom. The van der Waals surface area contributed by atoms with Crippen LogP contribution in [0.5, 0.6) is 5.75 Å². The van der Waals surface area contributed by atoms with Crippen LogP contribution in [-0.2, 0) is 11.2 Å². The maximum atomic E-state index is 12.3. The molecule has 22 heavy (non-hydrogen) atoms. The van der Waals surface area contributed by atoms with Crippen molar-refractivity contribution in [2.24, 2.45) is 22.4 Å². The second-order valence-corrected chi connectivity index (χ2v) is 7.73. The third-order valence-corrected chi connectivity index (χ3v) is 6.84. The van der Waals surface area contributed by atoms with Crippen molar-refractivity contribution in [1.82, 2.24) is 0 Å². The van der Waals surface area contributed by atoms with E-state index in [1.807, 2.05) is 6.07 Å². The molecule has 4 rings (SSSR count). The van der Waals surface area contributed by atoms with Crippen LogP contribution in [0.1, 0.15) is 56.1 Å². The first-order chi connectivity index (χ1) is 10.6. The number of nitrogens with two attached hydrogens (primary N) is 1. The van der Waals surface area contributed by atoms with Gasteiger partial charge in [-0.1, -0.05) is 13.0 Å². The molecule has 0 aromatic heterocycles. The van der Waals surface area contributed by atoms with Crippen molar-refractivity contribution in [3.05, 3.63) is 29.3 Å². The number of hydrogen-bond donors (Lipinski definition) is 1. The Hall–Kier alpha value is -1.00. The first-order valence-corrected chi connectivity index (χ1v) is 9.13. The average Bonchev–Trinajstić information content (AvgIpc) is 2.83. The lowest BCUT2D eigenvalue weighted by atomic mass is 9.55. The van der Waals surface area contributed by atoms with Crippen molar-refractivity contribution in [2.75, 3.05) is 0 Å². The van der Waals surface area contributed by atoms with Crippen LogP contribution < -0.4 is 9.32 Å². The fourth-order valence-electron chi connectivity index (χ4n) is 5.44. The molecular formula is C18H23NO2S. The quantitative estimate of drug-likeness (QED) is 0.661. The highest BCUT2D eigenvalue weighted by Gasteiger charge is 2.54. The molecule has 0 saturated heterocycles. The summed E-state index contributed by atoms with van der Waals surface area (Å²) >= 11 is 0.903. The molecule has 0 bridgehead atoms. The van der Waals surface area contributed by atoms with Gasteiger partial charge in [0, 0.05) is 11.8 Å². The van der Waals surface area contributed by atoms with E-state index in [-0.39, 0.29) is 5.41 Å². The molecule has 3 aliphatic rings. The number of carbonyl (C=O) groups excluding carboxylic acids is 1. The van der Waals surface area contributed by atoms with Gasteiger partial charge in [-0.3, -0.25) is 4.79 Å². The van der Waals surface area contributed by atoms with Crippen molar-refractivity contribution < 1.29 is 8.98 Å². The minimum atomic E-state index is -0.0298. The van der Waals surface area contributed by atoms with Crippen molar-refractivity contribution in [1.29, 1.82) is 0 Å². The van der Waals surface area contributed by atoms with Gasteiger partial charge in [-0.05, 0) is 73.1 Å². The van der Waals surface area contributed by atoms with Gasteiger partial charge in [0.15, 0.2) is 0 Å². The molecule has 4 atom stereocenters. The molecule has 3 nitrogen and oxygen atoms in total. The van der Waals surface area contributed by atoms with Crippen molar-refractivity contribution in [3.8, 4) is 5.75 Å². The molecular weight excluding hydrogens is 294 g/mol. The minimum absolute atomic E-state index is 0.0298. The molecule has 2 N–H and O–H groups in total. The zero-order chi connectivity index (χ0) is 15.3. The lowest BCUT2D eigenvalue weighted by molar-refractivity contribution is -0.129. The normalized spacial score (nSPS) is 36.5. The third-order valence-electron chi connectivity index (χ3n) is 6.55. The molecule has 0 spiro atoms. The van der Waals surface area contributed by atoms with Gasteiger partial charge >= 0.3 is 0 Å². The molecule has 0 heterocycles. The maximum Gasteiger partial charge on any atom is 0.140 e. The Labute approximate surface area is 136 Å². The highest BCUT2D eigenvalue weighted by atomic mass is 32.2. The average molecular weight is 317 g/mol. The van der Waals surface area contributed by atoms with E-state index in [0.717, 1.165) is 50.1 Å². The van der Waals surface area contributed by atoms with Gasteiger partial charge in [-0.25, -0.2) is 5.14 Å². The first kappa shape index (κ1) is 14.6. The Morgan fingerprint density at radius 1 is 1.27 bits per heavy atom. The van der Waals surface area contributed by atoms with Crippen molar-refractivity contribution in [3.63, 3.8) is 0 Å². The smallest absolute Gasteiger partial charge is 0.140 e. The molecule has 1 aromatic carbocycles. The lowest BCUT2D eigenvalue weighted by Gasteiger charge is -2.48. The SMILES string of the molecule is C[C@]12CCC3c4ccc(OSN)cc4CCC3C1CCC2=O. The van der Waals surface area contributed by atoms with E-state index in [1.165, 1.54) is 17.5 Å². The van der Waals surface area contributed by atoms with Crippen LogP contribution in [0.4, 0.5) is 0 Å². The van der Waals surface area contributed by atoms with E-state index >= 15 is 0 Å². The summed E-state index contributed by atoms with van der Waals surface area (Å²) in [4.78, 5) is 12.3. The van der Waals surface area contributed by atoms with Crippen LogP contribution in [0.3, 0.4) is 0 Å². The summed E-state index contributed by atoms with van der Waals surface area (Å²) in [5, 5.41) is 5.39. The number of benzene rings is 1. The number of fused-ring (bicyclic) bond motifs is 5. The number of Topliss-reactive ketones (excluding diaryl/α,β-unsaturated/α-hetero) is 1. The van der Waals surface area contributed by atoms with E-state index in [2.05, 4.69) is 19.1 Å². The number of carbonyl (C=O) groups is 1. The van der Waals surface area contributed by atoms with Crippen molar-refractivity contribution in [2.45, 2.75) is 51.4 Å². The highest BCUT2D eigenvalue weighted by molar-refractivity contribution is 7.92. The number of ketones is 1. The maximum absolute atomic E-state index is 12.3. The summed E-state index contributed by atoms with van der Waals surface area (Å²) in [7, 11) is 0. The zero-order valence-corrected chi connectivity index (χ0v) is 13.8. The fourth-order valence-corrected chi connectivity index (χ4v) is 5.65. The summed E-state index contributed by atoms with van der Waals surface area (Å²) in [6.07, 6.45) is 6.44. The summed E-state index contributed by atoms with van der Waals surface area (Å²) in [6, 6.07) is 6.42. The molecule has 2 fully saturated rings. The predicted molar refractivity (Wildman–Crippen MR) is 88.5 cm³/mol. The van der Waals surface area contributed by atoms with Crippen LogP contribution in [0.15, 0.2) is 18.2 Å². The molecule has 3 unspecified atom stereocenters. The van der Waals surface area contributed by atoms with E-state index in [4.69, 9.17) is 9.32 Å². The van der Waals surface area contributed by atoms with Crippen LogP contribution in [0.25, 0.3) is 0 Å². The standard InChI is InChI=1S/C18H23NO2S/c1-18-9-8-14-13-5-3-12(21-22-19)10-11(13)2-4-15(14)16(18)6-7-17(18)20/h3,5,10,14-16H,2,4,6-9,19H2,1H3/t14?,15?,16?,18-/m0/s1. The van der Waals surface area contributed by atoms with Gasteiger partial charge in [0.2, 0.25) is 0 Å². The molecule has 1 aromatic rings. The van der Waals surface area contributed by atoms with Crippen LogP contribution in [0.2, 0.25) is 0 Å². The van der Waals surface area contributed by atoms with E-state index in [0.29, 0.717) is 23.5 Å². The Morgan fingerprint density at radius 3 is 2.95 bits per heavy atom. The fraction of sp³-hybridized carbons (Fsp3) is 0.611. The van der Waals surface area contributed by atoms with Gasteiger partial charge in [0.05, 0.1) is 0 Å². The number of hydrogen-bond acceptors (Lipinski definition) is 4. The molecule has 0 amide bonds. The summed E-state index contributed by atoms with van der Waals surface area (Å²) < 4.78 is 5.36. The molecule has 3 aliphatic carbocycles. The first-order valence-electron chi connectivity index (χ1n) is 8.33.